The van der Waals surface area contributed by atoms with Crippen LogP contribution in [0.2, 0.25) is 5.02 Å². The van der Waals surface area contributed by atoms with Crippen LogP contribution in [-0.2, 0) is 0 Å². The third-order valence-electron chi connectivity index (χ3n) is 3.68. The van der Waals surface area contributed by atoms with E-state index in [4.69, 9.17) is 17.3 Å². The first-order valence-corrected chi connectivity index (χ1v) is 7.54. The molecule has 1 aromatic heterocycles. The lowest BCUT2D eigenvalue weighted by molar-refractivity contribution is 0.486. The first-order valence-electron chi connectivity index (χ1n) is 7.17. The molecule has 1 unspecified atom stereocenters. The van der Waals surface area contributed by atoms with Crippen molar-refractivity contribution in [2.45, 2.75) is 52.0 Å². The normalized spacial score (nSPS) is 13.0. The number of halogens is 2. The molecular weight excluding hydrogens is 277 g/mol. The van der Waals surface area contributed by atoms with E-state index in [1.807, 2.05) is 4.57 Å². The predicted octanol–water partition coefficient (Wildman–Crippen LogP) is 4.94. The summed E-state index contributed by atoms with van der Waals surface area (Å²) in [6.07, 6.45) is 5.84. The SMILES string of the molecule is CCCCCCC(C)n1c(N)nc2cc(Cl)c(F)cc21. The molecule has 1 atom stereocenters. The lowest BCUT2D eigenvalue weighted by atomic mass is 10.1. The number of imidazole rings is 1. The first kappa shape index (κ1) is 15.1. The van der Waals surface area contributed by atoms with Crippen molar-refractivity contribution in [1.29, 1.82) is 0 Å². The van der Waals surface area contributed by atoms with Crippen LogP contribution in [0.25, 0.3) is 11.0 Å². The highest BCUT2D eigenvalue weighted by Crippen LogP contribution is 2.29. The summed E-state index contributed by atoms with van der Waals surface area (Å²) in [7, 11) is 0. The van der Waals surface area contributed by atoms with E-state index in [2.05, 4.69) is 18.8 Å². The lowest BCUT2D eigenvalue weighted by Gasteiger charge is -2.16. The molecule has 0 saturated heterocycles. The number of fused-ring (bicyclic) bond motifs is 1. The van der Waals surface area contributed by atoms with Gasteiger partial charge in [-0.15, -0.1) is 0 Å². The Morgan fingerprint density at radius 1 is 1.35 bits per heavy atom. The van der Waals surface area contributed by atoms with Gasteiger partial charge in [0, 0.05) is 12.1 Å². The van der Waals surface area contributed by atoms with E-state index in [0.29, 0.717) is 17.0 Å². The van der Waals surface area contributed by atoms with E-state index >= 15 is 0 Å². The fourth-order valence-corrected chi connectivity index (χ4v) is 2.73. The average molecular weight is 298 g/mol. The van der Waals surface area contributed by atoms with Crippen molar-refractivity contribution in [3.8, 4) is 0 Å². The van der Waals surface area contributed by atoms with Crippen molar-refractivity contribution in [1.82, 2.24) is 9.55 Å². The van der Waals surface area contributed by atoms with Gasteiger partial charge < -0.3 is 10.3 Å². The van der Waals surface area contributed by atoms with E-state index in [-0.39, 0.29) is 11.1 Å². The van der Waals surface area contributed by atoms with Crippen LogP contribution in [0.1, 0.15) is 52.0 Å². The topological polar surface area (TPSA) is 43.8 Å². The van der Waals surface area contributed by atoms with Gasteiger partial charge in [0.15, 0.2) is 0 Å². The molecule has 2 N–H and O–H groups in total. The molecule has 0 bridgehead atoms. The monoisotopic (exact) mass is 297 g/mol. The molecule has 110 valence electrons. The molecule has 2 aromatic rings. The Labute approximate surface area is 123 Å². The molecule has 2 rings (SSSR count). The Kier molecular flexibility index (Phi) is 4.86. The van der Waals surface area contributed by atoms with Crippen LogP contribution in [-0.4, -0.2) is 9.55 Å². The number of aromatic nitrogens is 2. The number of nitrogens with zero attached hydrogens (tertiary/aromatic N) is 2. The number of anilines is 1. The van der Waals surface area contributed by atoms with Crippen LogP contribution in [0.4, 0.5) is 10.3 Å². The minimum absolute atomic E-state index is 0.0812. The van der Waals surface area contributed by atoms with Crippen molar-refractivity contribution < 1.29 is 4.39 Å². The minimum Gasteiger partial charge on any atom is -0.369 e. The third-order valence-corrected chi connectivity index (χ3v) is 3.96. The fourth-order valence-electron chi connectivity index (χ4n) is 2.57. The Bertz CT molecular complexity index is 594. The smallest absolute Gasteiger partial charge is 0.201 e. The molecule has 0 saturated carbocycles. The Balaban J connectivity index is 2.24. The lowest BCUT2D eigenvalue weighted by Crippen LogP contribution is -2.09. The van der Waals surface area contributed by atoms with Gasteiger partial charge in [0.2, 0.25) is 5.95 Å². The number of hydrogen-bond donors (Lipinski definition) is 1. The number of nitrogen functional groups attached to an aromatic ring is 1. The van der Waals surface area contributed by atoms with E-state index in [1.54, 1.807) is 0 Å². The molecule has 1 heterocycles. The molecule has 3 nitrogen and oxygen atoms in total. The quantitative estimate of drug-likeness (QED) is 0.767. The average Bonchev–Trinajstić information content (AvgIpc) is 2.70. The highest BCUT2D eigenvalue weighted by atomic mass is 35.5. The van der Waals surface area contributed by atoms with Crippen LogP contribution < -0.4 is 5.73 Å². The largest absolute Gasteiger partial charge is 0.369 e. The van der Waals surface area contributed by atoms with Gasteiger partial charge in [0.05, 0.1) is 16.1 Å². The number of nitrogens with two attached hydrogens (primary N) is 1. The number of hydrogen-bond acceptors (Lipinski definition) is 2. The third kappa shape index (κ3) is 3.06. The van der Waals surface area contributed by atoms with Gasteiger partial charge in [-0.3, -0.25) is 0 Å². The van der Waals surface area contributed by atoms with Gasteiger partial charge in [-0.1, -0.05) is 44.2 Å². The molecule has 0 aliphatic carbocycles. The van der Waals surface area contributed by atoms with Crippen LogP contribution in [0.5, 0.6) is 0 Å². The molecule has 0 radical (unpaired) electrons. The van der Waals surface area contributed by atoms with Gasteiger partial charge in [-0.25, -0.2) is 9.37 Å². The van der Waals surface area contributed by atoms with E-state index < -0.39 is 5.82 Å². The standard InChI is InChI=1S/C15H21ClFN3/c1-3-4-5-6-7-10(2)20-14-9-12(17)11(16)8-13(14)19-15(20)18/h8-10H,3-7H2,1-2H3,(H2,18,19). The summed E-state index contributed by atoms with van der Waals surface area (Å²) < 4.78 is 15.5. The second kappa shape index (κ2) is 6.44. The van der Waals surface area contributed by atoms with E-state index in [0.717, 1.165) is 12.8 Å². The predicted molar refractivity (Wildman–Crippen MR) is 82.6 cm³/mol. The molecule has 0 aliphatic rings. The molecule has 0 spiro atoms. The summed E-state index contributed by atoms with van der Waals surface area (Å²) in [5.41, 5.74) is 7.33. The van der Waals surface area contributed by atoms with E-state index in [9.17, 15) is 4.39 Å². The summed E-state index contributed by atoms with van der Waals surface area (Å²) in [5, 5.41) is 0.0812. The Hall–Kier alpha value is -1.29. The summed E-state index contributed by atoms with van der Waals surface area (Å²) >= 11 is 5.78. The second-order valence-electron chi connectivity index (χ2n) is 5.29. The summed E-state index contributed by atoms with van der Waals surface area (Å²) in [4.78, 5) is 4.27. The Morgan fingerprint density at radius 2 is 2.10 bits per heavy atom. The van der Waals surface area contributed by atoms with Gasteiger partial charge in [0.25, 0.3) is 0 Å². The van der Waals surface area contributed by atoms with E-state index in [1.165, 1.54) is 31.4 Å². The van der Waals surface area contributed by atoms with Crippen LogP contribution in [0.3, 0.4) is 0 Å². The highest BCUT2D eigenvalue weighted by Gasteiger charge is 2.16. The van der Waals surface area contributed by atoms with Gasteiger partial charge >= 0.3 is 0 Å². The van der Waals surface area contributed by atoms with Crippen molar-refractivity contribution >= 4 is 28.6 Å². The summed E-state index contributed by atoms with van der Waals surface area (Å²) in [6.45, 7) is 4.28. The van der Waals surface area contributed by atoms with Crippen LogP contribution in [0.15, 0.2) is 12.1 Å². The molecule has 0 aliphatic heterocycles. The molecule has 1 aromatic carbocycles. The summed E-state index contributed by atoms with van der Waals surface area (Å²) in [6, 6.07) is 3.16. The first-order chi connectivity index (χ1) is 9.54. The zero-order chi connectivity index (χ0) is 14.7. The zero-order valence-electron chi connectivity index (χ0n) is 12.0. The molecule has 20 heavy (non-hydrogen) atoms. The Morgan fingerprint density at radius 3 is 2.80 bits per heavy atom. The number of rotatable bonds is 6. The molecule has 5 heteroatoms. The van der Waals surface area contributed by atoms with Gasteiger partial charge in [-0.05, 0) is 19.4 Å². The zero-order valence-corrected chi connectivity index (χ0v) is 12.8. The summed E-state index contributed by atoms with van der Waals surface area (Å²) in [5.74, 6) is -0.0110. The minimum atomic E-state index is -0.432. The van der Waals surface area contributed by atoms with Crippen molar-refractivity contribution in [2.24, 2.45) is 0 Å². The van der Waals surface area contributed by atoms with Crippen molar-refractivity contribution in [3.05, 3.63) is 23.0 Å². The van der Waals surface area contributed by atoms with Crippen LogP contribution in [0, 0.1) is 5.82 Å². The maximum atomic E-state index is 13.6. The second-order valence-corrected chi connectivity index (χ2v) is 5.70. The van der Waals surface area contributed by atoms with Gasteiger partial charge in [-0.2, -0.15) is 0 Å². The fraction of sp³-hybridized carbons (Fsp3) is 0.533. The maximum absolute atomic E-state index is 13.6. The van der Waals surface area contributed by atoms with Crippen molar-refractivity contribution in [3.63, 3.8) is 0 Å². The number of unbranched alkanes of at least 4 members (excludes halogenated alkanes) is 3. The van der Waals surface area contributed by atoms with Crippen LogP contribution >= 0.6 is 11.6 Å². The molecular formula is C15H21ClFN3. The highest BCUT2D eigenvalue weighted by molar-refractivity contribution is 6.31. The van der Waals surface area contributed by atoms with Gasteiger partial charge in [0.1, 0.15) is 5.82 Å². The number of benzene rings is 1. The van der Waals surface area contributed by atoms with Crippen molar-refractivity contribution in [2.75, 3.05) is 5.73 Å². The molecule has 0 amide bonds. The molecule has 0 fully saturated rings. The maximum Gasteiger partial charge on any atom is 0.201 e.